The lowest BCUT2D eigenvalue weighted by Gasteiger charge is -2.39. The van der Waals surface area contributed by atoms with Gasteiger partial charge in [0.25, 0.3) is 5.69 Å². The molecule has 0 saturated heterocycles. The van der Waals surface area contributed by atoms with Gasteiger partial charge >= 0.3 is 5.97 Å². The lowest BCUT2D eigenvalue weighted by Crippen LogP contribution is -2.39. The maximum atomic E-state index is 13.1. The quantitative estimate of drug-likeness (QED) is 0.465. The van der Waals surface area contributed by atoms with Crippen LogP contribution < -0.4 is 5.32 Å². The van der Waals surface area contributed by atoms with Gasteiger partial charge in [0.05, 0.1) is 16.6 Å². The number of carbonyl (C=O) groups is 2. The number of benzene rings is 1. The molecular formula is C22H26N2O5. The third-order valence-electron chi connectivity index (χ3n) is 5.22. The molecule has 0 spiro atoms. The van der Waals surface area contributed by atoms with Gasteiger partial charge in [-0.05, 0) is 38.2 Å². The van der Waals surface area contributed by atoms with Crippen LogP contribution in [-0.2, 0) is 14.3 Å². The van der Waals surface area contributed by atoms with Crippen molar-refractivity contribution in [1.82, 2.24) is 5.32 Å². The second-order valence-corrected chi connectivity index (χ2v) is 8.74. The number of nitro benzene ring substituents is 1. The van der Waals surface area contributed by atoms with Gasteiger partial charge in [0.2, 0.25) is 0 Å². The number of nitro groups is 1. The normalized spacial score (nSPS) is 21.0. The first-order valence-corrected chi connectivity index (χ1v) is 9.69. The fourth-order valence-electron chi connectivity index (χ4n) is 4.14. The molecule has 1 aromatic rings. The molecule has 0 unspecified atom stereocenters. The maximum absolute atomic E-state index is 13.1. The van der Waals surface area contributed by atoms with Crippen LogP contribution in [0.4, 0.5) is 5.69 Å². The van der Waals surface area contributed by atoms with Crippen molar-refractivity contribution < 1.29 is 19.2 Å². The highest BCUT2D eigenvalue weighted by Gasteiger charge is 2.43. The monoisotopic (exact) mass is 398 g/mol. The Bertz CT molecular complexity index is 956. The van der Waals surface area contributed by atoms with E-state index in [-0.39, 0.29) is 23.0 Å². The van der Waals surface area contributed by atoms with Crippen molar-refractivity contribution in [2.24, 2.45) is 5.41 Å². The van der Waals surface area contributed by atoms with Gasteiger partial charge in [0, 0.05) is 41.4 Å². The molecule has 0 radical (unpaired) electrons. The highest BCUT2D eigenvalue weighted by Crippen LogP contribution is 2.47. The van der Waals surface area contributed by atoms with Gasteiger partial charge in [-0.2, -0.15) is 0 Å². The lowest BCUT2D eigenvalue weighted by molar-refractivity contribution is -0.384. The number of hydrogen-bond donors (Lipinski definition) is 1. The number of ketones is 1. The minimum absolute atomic E-state index is 0.0531. The Kier molecular flexibility index (Phi) is 5.34. The maximum Gasteiger partial charge on any atom is 0.337 e. The topological polar surface area (TPSA) is 98.5 Å². The summed E-state index contributed by atoms with van der Waals surface area (Å²) < 4.78 is 5.44. The van der Waals surface area contributed by atoms with Gasteiger partial charge in [0.1, 0.15) is 0 Å². The highest BCUT2D eigenvalue weighted by molar-refractivity contribution is 6.04. The average Bonchev–Trinajstić information content (AvgIpc) is 2.58. The third kappa shape index (κ3) is 4.09. The molecule has 0 fully saturated rings. The zero-order chi connectivity index (χ0) is 21.5. The van der Waals surface area contributed by atoms with Crippen LogP contribution in [0.3, 0.4) is 0 Å². The number of nitrogens with zero attached hydrogens (tertiary/aromatic N) is 1. The van der Waals surface area contributed by atoms with Crippen LogP contribution in [0.5, 0.6) is 0 Å². The van der Waals surface area contributed by atoms with E-state index < -0.39 is 16.8 Å². The molecule has 29 heavy (non-hydrogen) atoms. The van der Waals surface area contributed by atoms with Gasteiger partial charge in [-0.25, -0.2) is 4.79 Å². The first-order chi connectivity index (χ1) is 13.5. The van der Waals surface area contributed by atoms with Crippen LogP contribution in [0, 0.1) is 15.5 Å². The number of dihydropyridines is 1. The van der Waals surface area contributed by atoms with Crippen molar-refractivity contribution in [2.75, 3.05) is 0 Å². The molecule has 0 saturated carbocycles. The first kappa shape index (κ1) is 20.8. The number of Topliss-reactive ketones (excluding diaryl/α,β-unsaturated/α-hetero) is 1. The summed E-state index contributed by atoms with van der Waals surface area (Å²) in [5.74, 6) is -1.27. The number of carbonyl (C=O) groups excluding carboxylic acids is 2. The largest absolute Gasteiger partial charge is 0.460 e. The fourth-order valence-corrected chi connectivity index (χ4v) is 4.14. The Balaban J connectivity index is 2.20. The van der Waals surface area contributed by atoms with E-state index in [4.69, 9.17) is 4.74 Å². The number of hydrogen-bond acceptors (Lipinski definition) is 6. The number of esters is 1. The molecule has 2 aliphatic rings. The van der Waals surface area contributed by atoms with E-state index in [2.05, 4.69) is 5.32 Å². The van der Waals surface area contributed by atoms with E-state index in [0.29, 0.717) is 35.2 Å². The van der Waals surface area contributed by atoms with E-state index in [1.54, 1.807) is 32.9 Å². The molecule has 154 valence electrons. The zero-order valence-electron chi connectivity index (χ0n) is 17.4. The summed E-state index contributed by atoms with van der Waals surface area (Å²) in [6.07, 6.45) is 0.679. The van der Waals surface area contributed by atoms with Crippen LogP contribution in [0.2, 0.25) is 0 Å². The molecule has 1 atom stereocenters. The first-order valence-electron chi connectivity index (χ1n) is 9.69. The summed E-state index contributed by atoms with van der Waals surface area (Å²) in [5.41, 5.74) is 2.47. The van der Waals surface area contributed by atoms with Crippen molar-refractivity contribution in [3.63, 3.8) is 0 Å². The number of allylic oxidation sites excluding steroid dienone is 3. The van der Waals surface area contributed by atoms with E-state index in [0.717, 1.165) is 5.70 Å². The number of nitrogens with one attached hydrogen (secondary N) is 1. The van der Waals surface area contributed by atoms with Crippen LogP contribution in [-0.4, -0.2) is 22.8 Å². The molecule has 7 nitrogen and oxygen atoms in total. The Labute approximate surface area is 170 Å². The minimum Gasteiger partial charge on any atom is -0.460 e. The van der Waals surface area contributed by atoms with Crippen molar-refractivity contribution in [1.29, 1.82) is 0 Å². The second-order valence-electron chi connectivity index (χ2n) is 8.74. The predicted octanol–water partition coefficient (Wildman–Crippen LogP) is 4.15. The Hall–Kier alpha value is -2.96. The van der Waals surface area contributed by atoms with Crippen molar-refractivity contribution in [3.8, 4) is 0 Å². The summed E-state index contributed by atoms with van der Waals surface area (Å²) in [7, 11) is 0. The van der Waals surface area contributed by atoms with Crippen molar-refractivity contribution >= 4 is 17.4 Å². The van der Waals surface area contributed by atoms with Gasteiger partial charge in [-0.1, -0.05) is 26.0 Å². The molecule has 0 bridgehead atoms. The van der Waals surface area contributed by atoms with Crippen LogP contribution in [0.15, 0.2) is 46.8 Å². The van der Waals surface area contributed by atoms with E-state index in [1.807, 2.05) is 13.8 Å². The summed E-state index contributed by atoms with van der Waals surface area (Å²) in [4.78, 5) is 36.9. The smallest absolute Gasteiger partial charge is 0.337 e. The standard InChI is InChI=1S/C22H26N2O5/c1-12(2)29-21(26)18-13(3)23-16-10-22(4,5)11-17(25)20(16)19(18)14-7-6-8-15(9-14)24(27)28/h6-9,12,19,23H,10-11H2,1-5H3/t19-/m1/s1. The third-order valence-corrected chi connectivity index (χ3v) is 5.22. The van der Waals surface area contributed by atoms with Crippen LogP contribution >= 0.6 is 0 Å². The average molecular weight is 398 g/mol. The second kappa shape index (κ2) is 7.46. The summed E-state index contributed by atoms with van der Waals surface area (Å²) in [6, 6.07) is 6.13. The Morgan fingerprint density at radius 1 is 1.31 bits per heavy atom. The summed E-state index contributed by atoms with van der Waals surface area (Å²) >= 11 is 0. The number of non-ortho nitro benzene ring substituents is 1. The van der Waals surface area contributed by atoms with Gasteiger partial charge in [-0.15, -0.1) is 0 Å². The molecule has 7 heteroatoms. The van der Waals surface area contributed by atoms with Gasteiger partial charge < -0.3 is 10.1 Å². The Morgan fingerprint density at radius 3 is 2.62 bits per heavy atom. The van der Waals surface area contributed by atoms with Gasteiger partial charge in [0.15, 0.2) is 5.78 Å². The van der Waals surface area contributed by atoms with Crippen molar-refractivity contribution in [2.45, 2.75) is 59.5 Å². The molecule has 1 aliphatic heterocycles. The molecule has 1 heterocycles. The number of ether oxygens (including phenoxy) is 1. The molecular weight excluding hydrogens is 372 g/mol. The van der Waals surface area contributed by atoms with Crippen LogP contribution in [0.1, 0.15) is 58.9 Å². The summed E-state index contributed by atoms with van der Waals surface area (Å²) in [6.45, 7) is 9.34. The zero-order valence-corrected chi connectivity index (χ0v) is 17.4. The van der Waals surface area contributed by atoms with E-state index in [1.165, 1.54) is 12.1 Å². The lowest BCUT2D eigenvalue weighted by atomic mass is 9.68. The molecule has 1 aromatic carbocycles. The fraction of sp³-hybridized carbons (Fsp3) is 0.455. The Morgan fingerprint density at radius 2 is 2.00 bits per heavy atom. The van der Waals surface area contributed by atoms with Crippen molar-refractivity contribution in [3.05, 3.63) is 62.5 Å². The van der Waals surface area contributed by atoms with Crippen LogP contribution in [0.25, 0.3) is 0 Å². The SMILES string of the molecule is CC1=C(C(=O)OC(C)C)[C@@H](c2cccc([N+](=O)[O-])c2)C2=C(CC(C)(C)CC2=O)N1. The highest BCUT2D eigenvalue weighted by atomic mass is 16.6. The van der Waals surface area contributed by atoms with Gasteiger partial charge in [-0.3, -0.25) is 14.9 Å². The predicted molar refractivity (Wildman–Crippen MR) is 108 cm³/mol. The summed E-state index contributed by atoms with van der Waals surface area (Å²) in [5, 5.41) is 14.6. The molecule has 3 rings (SSSR count). The van der Waals surface area contributed by atoms with E-state index >= 15 is 0 Å². The number of rotatable bonds is 4. The molecule has 0 aromatic heterocycles. The molecule has 1 aliphatic carbocycles. The molecule has 0 amide bonds. The van der Waals surface area contributed by atoms with E-state index in [9.17, 15) is 19.7 Å². The molecule has 1 N–H and O–H groups in total. The minimum atomic E-state index is -0.694.